The number of methoxy groups -OCH3 is 2. The summed E-state index contributed by atoms with van der Waals surface area (Å²) in [6, 6.07) is 6.92. The molecule has 1 aromatic heterocycles. The summed E-state index contributed by atoms with van der Waals surface area (Å²) in [5.41, 5.74) is 1.25. The minimum absolute atomic E-state index is 0.171. The quantitative estimate of drug-likeness (QED) is 0.777. The van der Waals surface area contributed by atoms with Crippen LogP contribution >= 0.6 is 0 Å². The maximum absolute atomic E-state index is 11.2. The van der Waals surface area contributed by atoms with Crippen molar-refractivity contribution in [3.63, 3.8) is 0 Å². The highest BCUT2D eigenvalue weighted by Gasteiger charge is 2.14. The molecule has 0 fully saturated rings. The summed E-state index contributed by atoms with van der Waals surface area (Å²) in [5, 5.41) is 3.86. The zero-order valence-electron chi connectivity index (χ0n) is 10.4. The first-order valence-corrected chi connectivity index (χ1v) is 5.35. The van der Waals surface area contributed by atoms with E-state index >= 15 is 0 Å². The molecule has 0 aliphatic carbocycles. The summed E-state index contributed by atoms with van der Waals surface area (Å²) in [4.78, 5) is 11.2. The molecule has 2 aromatic rings. The van der Waals surface area contributed by atoms with E-state index in [0.717, 1.165) is 0 Å². The summed E-state index contributed by atoms with van der Waals surface area (Å²) < 4.78 is 15.4. The monoisotopic (exact) mass is 247 g/mol. The van der Waals surface area contributed by atoms with Crippen LogP contribution in [0.25, 0.3) is 11.3 Å². The average molecular weight is 247 g/mol. The molecule has 0 spiro atoms. The van der Waals surface area contributed by atoms with E-state index in [-0.39, 0.29) is 11.5 Å². The van der Waals surface area contributed by atoms with E-state index in [0.29, 0.717) is 22.8 Å². The Morgan fingerprint density at radius 1 is 1.22 bits per heavy atom. The average Bonchev–Trinajstić information content (AvgIpc) is 2.87. The third-order valence-electron chi connectivity index (χ3n) is 2.54. The fraction of sp³-hybridized carbons (Fsp3) is 0.231. The molecule has 18 heavy (non-hydrogen) atoms. The van der Waals surface area contributed by atoms with Crippen molar-refractivity contribution in [3.05, 3.63) is 30.0 Å². The van der Waals surface area contributed by atoms with Gasteiger partial charge in [-0.1, -0.05) is 5.16 Å². The van der Waals surface area contributed by atoms with Gasteiger partial charge in [-0.25, -0.2) is 0 Å². The molecule has 1 heterocycles. The summed E-state index contributed by atoms with van der Waals surface area (Å²) in [7, 11) is 3.15. The lowest BCUT2D eigenvalue weighted by molar-refractivity contribution is 0.0978. The summed E-state index contributed by atoms with van der Waals surface area (Å²) in [6.07, 6.45) is 0. The van der Waals surface area contributed by atoms with Crippen LogP contribution in [0.2, 0.25) is 0 Å². The molecule has 0 aliphatic rings. The number of hydrogen-bond donors (Lipinski definition) is 0. The van der Waals surface area contributed by atoms with Gasteiger partial charge in [-0.05, 0) is 18.2 Å². The fourth-order valence-corrected chi connectivity index (χ4v) is 1.58. The molecule has 0 atom stereocenters. The molecule has 0 aliphatic heterocycles. The third-order valence-corrected chi connectivity index (χ3v) is 2.54. The van der Waals surface area contributed by atoms with E-state index in [1.54, 1.807) is 38.5 Å². The number of ether oxygens (including phenoxy) is 2. The number of carbonyl (C=O) groups excluding carboxylic acids is 1. The molecule has 5 heteroatoms. The molecule has 0 unspecified atom stereocenters. The Kier molecular flexibility index (Phi) is 3.32. The maximum Gasteiger partial charge on any atom is 0.202 e. The standard InChI is InChI=1S/C13H13NO4/c1-8(15)13-7-11(14-18-13)10-6-9(16-2)4-5-12(10)17-3/h4-7H,1-3H3. The highest BCUT2D eigenvalue weighted by atomic mass is 16.5. The first kappa shape index (κ1) is 12.2. The predicted octanol–water partition coefficient (Wildman–Crippen LogP) is 2.56. The number of benzene rings is 1. The second-order valence-corrected chi connectivity index (χ2v) is 3.70. The van der Waals surface area contributed by atoms with Crippen LogP contribution in [0.5, 0.6) is 11.5 Å². The van der Waals surface area contributed by atoms with Crippen LogP contribution in [0.1, 0.15) is 17.5 Å². The van der Waals surface area contributed by atoms with Crippen molar-refractivity contribution in [1.82, 2.24) is 5.16 Å². The van der Waals surface area contributed by atoms with Gasteiger partial charge >= 0.3 is 0 Å². The predicted molar refractivity (Wildman–Crippen MR) is 65.0 cm³/mol. The summed E-state index contributed by atoms with van der Waals surface area (Å²) in [6.45, 7) is 1.42. The van der Waals surface area contributed by atoms with Gasteiger partial charge in [0.05, 0.1) is 14.2 Å². The number of carbonyl (C=O) groups is 1. The van der Waals surface area contributed by atoms with Gasteiger partial charge in [-0.15, -0.1) is 0 Å². The lowest BCUT2D eigenvalue weighted by Crippen LogP contribution is -1.90. The Morgan fingerprint density at radius 3 is 2.56 bits per heavy atom. The molecule has 5 nitrogen and oxygen atoms in total. The minimum atomic E-state index is -0.171. The van der Waals surface area contributed by atoms with E-state index in [1.807, 2.05) is 0 Å². The lowest BCUT2D eigenvalue weighted by atomic mass is 10.1. The highest BCUT2D eigenvalue weighted by Crippen LogP contribution is 2.32. The van der Waals surface area contributed by atoms with Gasteiger partial charge in [0.15, 0.2) is 5.78 Å². The third kappa shape index (κ3) is 2.20. The Bertz CT molecular complexity index is 574. The molecule has 0 radical (unpaired) electrons. The van der Waals surface area contributed by atoms with Crippen molar-refractivity contribution in [3.8, 4) is 22.8 Å². The Labute approximate surface area is 104 Å². The van der Waals surface area contributed by atoms with Crippen molar-refractivity contribution in [2.75, 3.05) is 14.2 Å². The van der Waals surface area contributed by atoms with E-state index in [1.165, 1.54) is 6.92 Å². The van der Waals surface area contributed by atoms with Gasteiger partial charge in [0, 0.05) is 18.6 Å². The molecular formula is C13H13NO4. The van der Waals surface area contributed by atoms with E-state index in [4.69, 9.17) is 14.0 Å². The van der Waals surface area contributed by atoms with Gasteiger partial charge in [0.1, 0.15) is 17.2 Å². The smallest absolute Gasteiger partial charge is 0.202 e. The molecule has 0 saturated heterocycles. The van der Waals surface area contributed by atoms with Crippen molar-refractivity contribution in [2.24, 2.45) is 0 Å². The van der Waals surface area contributed by atoms with Gasteiger partial charge in [-0.2, -0.15) is 0 Å². The van der Waals surface area contributed by atoms with Crippen LogP contribution in [0, 0.1) is 0 Å². The van der Waals surface area contributed by atoms with Crippen LogP contribution < -0.4 is 9.47 Å². The maximum atomic E-state index is 11.2. The van der Waals surface area contributed by atoms with Gasteiger partial charge < -0.3 is 14.0 Å². The zero-order valence-corrected chi connectivity index (χ0v) is 10.4. The van der Waals surface area contributed by atoms with E-state index in [2.05, 4.69) is 5.16 Å². The molecule has 94 valence electrons. The number of nitrogens with zero attached hydrogens (tertiary/aromatic N) is 1. The Balaban J connectivity index is 2.50. The second kappa shape index (κ2) is 4.91. The van der Waals surface area contributed by atoms with Gasteiger partial charge in [-0.3, -0.25) is 4.79 Å². The summed E-state index contributed by atoms with van der Waals surface area (Å²) >= 11 is 0. The molecule has 0 N–H and O–H groups in total. The molecular weight excluding hydrogens is 234 g/mol. The van der Waals surface area contributed by atoms with Crippen molar-refractivity contribution in [2.45, 2.75) is 6.92 Å². The molecule has 0 bridgehead atoms. The minimum Gasteiger partial charge on any atom is -0.497 e. The SMILES string of the molecule is COc1ccc(OC)c(-c2cc(C(C)=O)on2)c1. The zero-order chi connectivity index (χ0) is 13.1. The fourth-order valence-electron chi connectivity index (χ4n) is 1.58. The van der Waals surface area contributed by atoms with E-state index < -0.39 is 0 Å². The molecule has 1 aromatic carbocycles. The number of aromatic nitrogens is 1. The largest absolute Gasteiger partial charge is 0.497 e. The lowest BCUT2D eigenvalue weighted by Gasteiger charge is -2.07. The van der Waals surface area contributed by atoms with E-state index in [9.17, 15) is 4.79 Å². The van der Waals surface area contributed by atoms with Gasteiger partial charge in [0.2, 0.25) is 5.76 Å². The molecule has 0 amide bonds. The molecule has 0 saturated carbocycles. The summed E-state index contributed by atoms with van der Waals surface area (Å²) in [5.74, 6) is 1.36. The second-order valence-electron chi connectivity index (χ2n) is 3.70. The number of ketones is 1. The Morgan fingerprint density at radius 2 is 2.00 bits per heavy atom. The first-order valence-electron chi connectivity index (χ1n) is 5.35. The van der Waals surface area contributed by atoms with Crippen LogP contribution in [-0.4, -0.2) is 25.2 Å². The van der Waals surface area contributed by atoms with Crippen molar-refractivity contribution < 1.29 is 18.8 Å². The Hall–Kier alpha value is -2.30. The topological polar surface area (TPSA) is 61.6 Å². The highest BCUT2D eigenvalue weighted by molar-refractivity contribution is 5.92. The number of rotatable bonds is 4. The first-order chi connectivity index (χ1) is 8.65. The molecule has 2 rings (SSSR count). The number of Topliss-reactive ketones (excluding diaryl/α,β-unsaturated/α-hetero) is 1. The van der Waals surface area contributed by atoms with Crippen LogP contribution in [-0.2, 0) is 0 Å². The van der Waals surface area contributed by atoms with Crippen LogP contribution in [0.15, 0.2) is 28.8 Å². The van der Waals surface area contributed by atoms with Crippen molar-refractivity contribution >= 4 is 5.78 Å². The van der Waals surface area contributed by atoms with Crippen LogP contribution in [0.4, 0.5) is 0 Å². The van der Waals surface area contributed by atoms with Crippen LogP contribution in [0.3, 0.4) is 0 Å². The van der Waals surface area contributed by atoms with Gasteiger partial charge in [0.25, 0.3) is 0 Å². The normalized spacial score (nSPS) is 10.2. The number of hydrogen-bond acceptors (Lipinski definition) is 5. The van der Waals surface area contributed by atoms with Crippen molar-refractivity contribution in [1.29, 1.82) is 0 Å².